The lowest BCUT2D eigenvalue weighted by Crippen LogP contribution is -2.08. The molecule has 1 heterocycles. The Kier molecular flexibility index (Phi) is 7.07. The molecule has 0 saturated heterocycles. The second kappa shape index (κ2) is 8.38. The van der Waals surface area contributed by atoms with Crippen LogP contribution in [0.1, 0.15) is 25.6 Å². The summed E-state index contributed by atoms with van der Waals surface area (Å²) in [6, 6.07) is 0. The molecule has 0 aliphatic rings. The van der Waals surface area contributed by atoms with Crippen LogP contribution in [0, 0.1) is 4.77 Å². The summed E-state index contributed by atoms with van der Waals surface area (Å²) in [6.07, 6.45) is 2.97. The second-order valence-corrected chi connectivity index (χ2v) is 4.19. The fourth-order valence-corrected chi connectivity index (χ4v) is 1.81. The average molecular weight is 259 g/mol. The van der Waals surface area contributed by atoms with Crippen LogP contribution in [-0.2, 0) is 22.4 Å². The molecule has 0 saturated carbocycles. The zero-order valence-corrected chi connectivity index (χ0v) is 11.4. The molecule has 0 fully saturated rings. The van der Waals surface area contributed by atoms with E-state index in [1.807, 2.05) is 0 Å². The fraction of sp³-hybridized carbons (Fsp3) is 0.818. The SMILES string of the molecule is CCCc1n[nH]c(=S)n1CCCOCCOC. The first-order chi connectivity index (χ1) is 8.29. The van der Waals surface area contributed by atoms with Crippen LogP contribution >= 0.6 is 12.2 Å². The van der Waals surface area contributed by atoms with E-state index in [-0.39, 0.29) is 0 Å². The van der Waals surface area contributed by atoms with E-state index < -0.39 is 0 Å². The van der Waals surface area contributed by atoms with E-state index in [1.54, 1.807) is 7.11 Å². The first-order valence-corrected chi connectivity index (χ1v) is 6.41. The van der Waals surface area contributed by atoms with Gasteiger partial charge in [0.2, 0.25) is 0 Å². The molecule has 6 heteroatoms. The minimum atomic E-state index is 0.645. The highest BCUT2D eigenvalue weighted by molar-refractivity contribution is 7.71. The number of ether oxygens (including phenoxy) is 2. The summed E-state index contributed by atoms with van der Waals surface area (Å²) >= 11 is 5.19. The molecule has 0 unspecified atom stereocenters. The Morgan fingerprint density at radius 1 is 1.35 bits per heavy atom. The smallest absolute Gasteiger partial charge is 0.195 e. The van der Waals surface area contributed by atoms with Crippen LogP contribution in [-0.4, -0.2) is 41.7 Å². The van der Waals surface area contributed by atoms with Crippen LogP contribution in [0.5, 0.6) is 0 Å². The van der Waals surface area contributed by atoms with E-state index in [0.717, 1.165) is 38.2 Å². The molecule has 0 aliphatic carbocycles. The molecule has 0 aromatic carbocycles. The highest BCUT2D eigenvalue weighted by atomic mass is 32.1. The van der Waals surface area contributed by atoms with Gasteiger partial charge in [0, 0.05) is 26.7 Å². The summed E-state index contributed by atoms with van der Waals surface area (Å²) in [5.41, 5.74) is 0. The Morgan fingerprint density at radius 2 is 2.18 bits per heavy atom. The molecule has 1 N–H and O–H groups in total. The molecule has 1 rings (SSSR count). The number of aromatic nitrogens is 3. The standard InChI is InChI=1S/C11H21N3O2S/c1-3-5-10-12-13-11(17)14(10)6-4-7-16-9-8-15-2/h3-9H2,1-2H3,(H,13,17). The molecule has 17 heavy (non-hydrogen) atoms. The molecular formula is C11H21N3O2S. The van der Waals surface area contributed by atoms with Gasteiger partial charge in [-0.2, -0.15) is 5.10 Å². The molecule has 98 valence electrons. The van der Waals surface area contributed by atoms with Gasteiger partial charge in [-0.05, 0) is 25.1 Å². The van der Waals surface area contributed by atoms with Crippen molar-refractivity contribution in [1.82, 2.24) is 14.8 Å². The van der Waals surface area contributed by atoms with Gasteiger partial charge in [-0.15, -0.1) is 0 Å². The van der Waals surface area contributed by atoms with Gasteiger partial charge in [-0.3, -0.25) is 5.10 Å². The predicted molar refractivity (Wildman–Crippen MR) is 68.7 cm³/mol. The zero-order valence-electron chi connectivity index (χ0n) is 10.6. The van der Waals surface area contributed by atoms with Crippen LogP contribution in [0.15, 0.2) is 0 Å². The van der Waals surface area contributed by atoms with Gasteiger partial charge >= 0.3 is 0 Å². The molecule has 0 amide bonds. The van der Waals surface area contributed by atoms with Crippen molar-refractivity contribution >= 4 is 12.2 Å². The van der Waals surface area contributed by atoms with Crippen LogP contribution < -0.4 is 0 Å². The molecule has 0 aliphatic heterocycles. The molecule has 5 nitrogen and oxygen atoms in total. The maximum Gasteiger partial charge on any atom is 0.195 e. The van der Waals surface area contributed by atoms with Crippen molar-refractivity contribution in [3.63, 3.8) is 0 Å². The Labute approximate surface area is 107 Å². The van der Waals surface area contributed by atoms with Crippen LogP contribution in [0.4, 0.5) is 0 Å². The normalized spacial score (nSPS) is 10.9. The molecule has 1 aromatic rings. The Balaban J connectivity index is 2.30. The highest BCUT2D eigenvalue weighted by Crippen LogP contribution is 2.03. The summed E-state index contributed by atoms with van der Waals surface area (Å²) in [6.45, 7) is 5.01. The van der Waals surface area contributed by atoms with Crippen molar-refractivity contribution in [2.75, 3.05) is 26.9 Å². The largest absolute Gasteiger partial charge is 0.382 e. The maximum atomic E-state index is 5.41. The predicted octanol–water partition coefficient (Wildman–Crippen LogP) is 1.95. The second-order valence-electron chi connectivity index (χ2n) is 3.81. The molecule has 0 atom stereocenters. The van der Waals surface area contributed by atoms with Crippen molar-refractivity contribution in [3.8, 4) is 0 Å². The molecular weight excluding hydrogens is 238 g/mol. The third-order valence-corrected chi connectivity index (χ3v) is 2.72. The number of nitrogens with zero attached hydrogens (tertiary/aromatic N) is 2. The van der Waals surface area contributed by atoms with Gasteiger partial charge in [0.1, 0.15) is 5.82 Å². The lowest BCUT2D eigenvalue weighted by atomic mass is 10.3. The summed E-state index contributed by atoms with van der Waals surface area (Å²) < 4.78 is 13.1. The highest BCUT2D eigenvalue weighted by Gasteiger charge is 2.04. The molecule has 0 bridgehead atoms. The quantitative estimate of drug-likeness (QED) is 0.544. The number of nitrogens with one attached hydrogen (secondary N) is 1. The number of aryl methyl sites for hydroxylation is 1. The van der Waals surface area contributed by atoms with Crippen LogP contribution in [0.2, 0.25) is 0 Å². The third kappa shape index (κ3) is 4.97. The van der Waals surface area contributed by atoms with Gasteiger partial charge in [-0.1, -0.05) is 6.92 Å². The number of methoxy groups -OCH3 is 1. The maximum absolute atomic E-state index is 5.41. The minimum Gasteiger partial charge on any atom is -0.382 e. The van der Waals surface area contributed by atoms with E-state index in [0.29, 0.717) is 18.0 Å². The Morgan fingerprint density at radius 3 is 2.88 bits per heavy atom. The van der Waals surface area contributed by atoms with Crippen LogP contribution in [0.3, 0.4) is 0 Å². The van der Waals surface area contributed by atoms with E-state index >= 15 is 0 Å². The molecule has 1 aromatic heterocycles. The third-order valence-electron chi connectivity index (χ3n) is 2.41. The summed E-state index contributed by atoms with van der Waals surface area (Å²) in [5.74, 6) is 1.04. The average Bonchev–Trinajstić information content (AvgIpc) is 2.66. The minimum absolute atomic E-state index is 0.645. The number of hydrogen-bond acceptors (Lipinski definition) is 4. The fourth-order valence-electron chi connectivity index (χ4n) is 1.56. The van der Waals surface area contributed by atoms with Gasteiger partial charge in [0.15, 0.2) is 4.77 Å². The van der Waals surface area contributed by atoms with Crippen molar-refractivity contribution in [1.29, 1.82) is 0 Å². The van der Waals surface area contributed by atoms with Crippen molar-refractivity contribution in [2.24, 2.45) is 0 Å². The van der Waals surface area contributed by atoms with Crippen molar-refractivity contribution in [2.45, 2.75) is 32.7 Å². The molecule has 0 spiro atoms. The number of hydrogen-bond donors (Lipinski definition) is 1. The van der Waals surface area contributed by atoms with Gasteiger partial charge in [0.05, 0.1) is 13.2 Å². The van der Waals surface area contributed by atoms with Crippen molar-refractivity contribution < 1.29 is 9.47 Å². The summed E-state index contributed by atoms with van der Waals surface area (Å²) in [7, 11) is 1.67. The Bertz CT molecular complexity index is 362. The number of rotatable bonds is 9. The number of H-pyrrole nitrogens is 1. The Hall–Kier alpha value is -0.720. The van der Waals surface area contributed by atoms with E-state index in [2.05, 4.69) is 21.7 Å². The van der Waals surface area contributed by atoms with Crippen LogP contribution in [0.25, 0.3) is 0 Å². The van der Waals surface area contributed by atoms with E-state index in [4.69, 9.17) is 21.7 Å². The lowest BCUT2D eigenvalue weighted by molar-refractivity contribution is 0.0679. The summed E-state index contributed by atoms with van der Waals surface area (Å²) in [4.78, 5) is 0. The van der Waals surface area contributed by atoms with Crippen molar-refractivity contribution in [3.05, 3.63) is 10.6 Å². The number of aromatic amines is 1. The monoisotopic (exact) mass is 259 g/mol. The van der Waals surface area contributed by atoms with Gasteiger partial charge < -0.3 is 14.0 Å². The topological polar surface area (TPSA) is 52.1 Å². The van der Waals surface area contributed by atoms with E-state index in [9.17, 15) is 0 Å². The van der Waals surface area contributed by atoms with E-state index in [1.165, 1.54) is 0 Å². The zero-order chi connectivity index (χ0) is 12.5. The lowest BCUT2D eigenvalue weighted by Gasteiger charge is -2.06. The first kappa shape index (κ1) is 14.3. The summed E-state index contributed by atoms with van der Waals surface area (Å²) in [5, 5.41) is 7.06. The van der Waals surface area contributed by atoms with Gasteiger partial charge in [-0.25, -0.2) is 0 Å². The first-order valence-electron chi connectivity index (χ1n) is 6.00. The van der Waals surface area contributed by atoms with Gasteiger partial charge in [0.25, 0.3) is 0 Å². The molecule has 0 radical (unpaired) electrons.